The third-order valence-electron chi connectivity index (χ3n) is 3.86. The van der Waals surface area contributed by atoms with Gasteiger partial charge in [-0.1, -0.05) is 12.1 Å². The quantitative estimate of drug-likeness (QED) is 0.856. The van der Waals surface area contributed by atoms with Gasteiger partial charge in [-0.3, -0.25) is 4.90 Å². The van der Waals surface area contributed by atoms with E-state index in [9.17, 15) is 0 Å². The molecule has 92 valence electrons. The first-order chi connectivity index (χ1) is 8.35. The zero-order chi connectivity index (χ0) is 11.7. The van der Waals surface area contributed by atoms with Crippen molar-refractivity contribution in [3.8, 4) is 5.75 Å². The maximum absolute atomic E-state index is 5.72. The van der Waals surface area contributed by atoms with E-state index in [-0.39, 0.29) is 0 Å². The molecule has 0 bridgehead atoms. The molecular formula is C14H20N2O. The maximum Gasteiger partial charge on any atom is 0.122 e. The van der Waals surface area contributed by atoms with Gasteiger partial charge in [0.15, 0.2) is 0 Å². The van der Waals surface area contributed by atoms with Crippen molar-refractivity contribution in [2.45, 2.75) is 19.4 Å². The molecule has 2 aliphatic rings. The molecule has 1 fully saturated rings. The van der Waals surface area contributed by atoms with Crippen LogP contribution in [0.1, 0.15) is 17.5 Å². The smallest absolute Gasteiger partial charge is 0.122 e. The average Bonchev–Trinajstić information content (AvgIpc) is 2.96. The van der Waals surface area contributed by atoms with Crippen molar-refractivity contribution < 1.29 is 4.74 Å². The van der Waals surface area contributed by atoms with E-state index in [2.05, 4.69) is 23.1 Å². The third-order valence-corrected chi connectivity index (χ3v) is 3.86. The van der Waals surface area contributed by atoms with E-state index < -0.39 is 0 Å². The van der Waals surface area contributed by atoms with Crippen molar-refractivity contribution in [2.24, 2.45) is 11.7 Å². The van der Waals surface area contributed by atoms with Crippen LogP contribution in [0.5, 0.6) is 5.75 Å². The maximum atomic E-state index is 5.72. The second-order valence-electron chi connectivity index (χ2n) is 5.17. The Balaban J connectivity index is 1.65. The average molecular weight is 232 g/mol. The number of likely N-dealkylation sites (tertiary alicyclic amines) is 1. The number of hydrogen-bond acceptors (Lipinski definition) is 3. The molecule has 1 aromatic carbocycles. The Bertz CT molecular complexity index is 405. The number of nitrogens with zero attached hydrogens (tertiary/aromatic N) is 1. The van der Waals surface area contributed by atoms with E-state index in [4.69, 9.17) is 10.5 Å². The van der Waals surface area contributed by atoms with Crippen molar-refractivity contribution >= 4 is 0 Å². The predicted octanol–water partition coefficient (Wildman–Crippen LogP) is 1.40. The number of hydrogen-bond donors (Lipinski definition) is 1. The van der Waals surface area contributed by atoms with Gasteiger partial charge in [0.05, 0.1) is 6.61 Å². The first-order valence-corrected chi connectivity index (χ1v) is 6.52. The molecule has 2 N–H and O–H groups in total. The first kappa shape index (κ1) is 11.1. The van der Waals surface area contributed by atoms with Crippen LogP contribution in [0.15, 0.2) is 18.2 Å². The Morgan fingerprint density at radius 1 is 1.41 bits per heavy atom. The highest BCUT2D eigenvalue weighted by Crippen LogP contribution is 2.27. The molecule has 1 atom stereocenters. The fraction of sp³-hybridized carbons (Fsp3) is 0.571. The van der Waals surface area contributed by atoms with E-state index in [1.54, 1.807) is 0 Å². The lowest BCUT2D eigenvalue weighted by Gasteiger charge is -2.16. The number of rotatable bonds is 3. The minimum Gasteiger partial charge on any atom is -0.493 e. The molecule has 0 saturated carbocycles. The standard InChI is InChI=1S/C14H20N2O/c15-8-12-3-5-16(10-12)9-11-1-2-14-13(7-11)4-6-17-14/h1-2,7,12H,3-6,8-10,15H2. The monoisotopic (exact) mass is 232 g/mol. The number of ether oxygens (including phenoxy) is 1. The van der Waals surface area contributed by atoms with Gasteiger partial charge >= 0.3 is 0 Å². The lowest BCUT2D eigenvalue weighted by Crippen LogP contribution is -2.22. The summed E-state index contributed by atoms with van der Waals surface area (Å²) in [6.07, 6.45) is 2.32. The molecule has 1 unspecified atom stereocenters. The van der Waals surface area contributed by atoms with Crippen LogP contribution in [0, 0.1) is 5.92 Å². The molecule has 2 heterocycles. The summed E-state index contributed by atoms with van der Waals surface area (Å²) in [4.78, 5) is 2.51. The normalized spacial score (nSPS) is 23.7. The summed E-state index contributed by atoms with van der Waals surface area (Å²) >= 11 is 0. The zero-order valence-electron chi connectivity index (χ0n) is 10.2. The molecule has 3 heteroatoms. The Kier molecular flexibility index (Phi) is 3.04. The van der Waals surface area contributed by atoms with E-state index >= 15 is 0 Å². The van der Waals surface area contributed by atoms with E-state index in [1.165, 1.54) is 24.1 Å². The molecule has 2 aliphatic heterocycles. The lowest BCUT2D eigenvalue weighted by molar-refractivity contribution is 0.317. The zero-order valence-corrected chi connectivity index (χ0v) is 10.2. The Labute approximate surface area is 103 Å². The van der Waals surface area contributed by atoms with Gasteiger partial charge in [0.25, 0.3) is 0 Å². The second-order valence-corrected chi connectivity index (χ2v) is 5.17. The Morgan fingerprint density at radius 3 is 3.18 bits per heavy atom. The summed E-state index contributed by atoms with van der Waals surface area (Å²) in [5, 5.41) is 0. The molecule has 3 nitrogen and oxygen atoms in total. The van der Waals surface area contributed by atoms with Gasteiger partial charge in [0, 0.05) is 19.5 Å². The molecule has 1 aromatic rings. The second kappa shape index (κ2) is 4.67. The molecular weight excluding hydrogens is 212 g/mol. The number of fused-ring (bicyclic) bond motifs is 1. The minimum atomic E-state index is 0.702. The summed E-state index contributed by atoms with van der Waals surface area (Å²) in [6.45, 7) is 5.08. The fourth-order valence-corrected chi connectivity index (χ4v) is 2.85. The molecule has 0 aliphatic carbocycles. The highest BCUT2D eigenvalue weighted by atomic mass is 16.5. The molecule has 0 spiro atoms. The summed E-state index contributed by atoms with van der Waals surface area (Å²) in [5.74, 6) is 1.78. The lowest BCUT2D eigenvalue weighted by atomic mass is 10.1. The van der Waals surface area contributed by atoms with Gasteiger partial charge < -0.3 is 10.5 Å². The van der Waals surface area contributed by atoms with Crippen LogP contribution >= 0.6 is 0 Å². The van der Waals surface area contributed by atoms with Crippen LogP contribution in [0.2, 0.25) is 0 Å². The predicted molar refractivity (Wildman–Crippen MR) is 68.1 cm³/mol. The Morgan fingerprint density at radius 2 is 2.35 bits per heavy atom. The number of benzene rings is 1. The molecule has 17 heavy (non-hydrogen) atoms. The molecule has 0 aromatic heterocycles. The fourth-order valence-electron chi connectivity index (χ4n) is 2.85. The largest absolute Gasteiger partial charge is 0.493 e. The van der Waals surface area contributed by atoms with Crippen molar-refractivity contribution in [3.63, 3.8) is 0 Å². The van der Waals surface area contributed by atoms with Crippen molar-refractivity contribution in [3.05, 3.63) is 29.3 Å². The minimum absolute atomic E-state index is 0.702. The van der Waals surface area contributed by atoms with Crippen molar-refractivity contribution in [1.82, 2.24) is 4.90 Å². The molecule has 0 radical (unpaired) electrons. The first-order valence-electron chi connectivity index (χ1n) is 6.52. The van der Waals surface area contributed by atoms with Crippen LogP contribution in [-0.2, 0) is 13.0 Å². The van der Waals surface area contributed by atoms with Gasteiger partial charge in [0.1, 0.15) is 5.75 Å². The Hall–Kier alpha value is -1.06. The highest BCUT2D eigenvalue weighted by Gasteiger charge is 2.21. The summed E-state index contributed by atoms with van der Waals surface area (Å²) in [7, 11) is 0. The summed E-state index contributed by atoms with van der Waals surface area (Å²) in [6, 6.07) is 6.62. The van der Waals surface area contributed by atoms with Crippen LogP contribution in [0.4, 0.5) is 0 Å². The molecule has 3 rings (SSSR count). The topological polar surface area (TPSA) is 38.5 Å². The van der Waals surface area contributed by atoms with E-state index in [1.807, 2.05) is 0 Å². The van der Waals surface area contributed by atoms with Crippen molar-refractivity contribution in [2.75, 3.05) is 26.2 Å². The molecule has 0 amide bonds. The SMILES string of the molecule is NCC1CCN(Cc2ccc3c(c2)CCO3)C1. The highest BCUT2D eigenvalue weighted by molar-refractivity contribution is 5.39. The van der Waals surface area contributed by atoms with Crippen LogP contribution < -0.4 is 10.5 Å². The summed E-state index contributed by atoms with van der Waals surface area (Å²) in [5.41, 5.74) is 8.50. The third kappa shape index (κ3) is 2.31. The van der Waals surface area contributed by atoms with Crippen molar-refractivity contribution in [1.29, 1.82) is 0 Å². The summed E-state index contributed by atoms with van der Waals surface area (Å²) < 4.78 is 5.53. The van der Waals surface area contributed by atoms with Crippen LogP contribution in [0.25, 0.3) is 0 Å². The number of nitrogens with two attached hydrogens (primary N) is 1. The van der Waals surface area contributed by atoms with Gasteiger partial charge in [-0.05, 0) is 42.6 Å². The van der Waals surface area contributed by atoms with Gasteiger partial charge in [-0.25, -0.2) is 0 Å². The van der Waals surface area contributed by atoms with E-state index in [0.29, 0.717) is 5.92 Å². The van der Waals surface area contributed by atoms with Crippen LogP contribution in [0.3, 0.4) is 0 Å². The van der Waals surface area contributed by atoms with Crippen LogP contribution in [-0.4, -0.2) is 31.1 Å². The van der Waals surface area contributed by atoms with Gasteiger partial charge in [-0.2, -0.15) is 0 Å². The van der Waals surface area contributed by atoms with Gasteiger partial charge in [0.2, 0.25) is 0 Å². The van der Waals surface area contributed by atoms with E-state index in [0.717, 1.165) is 38.4 Å². The molecule has 1 saturated heterocycles. The van der Waals surface area contributed by atoms with Gasteiger partial charge in [-0.15, -0.1) is 0 Å².